The minimum atomic E-state index is -0.0753. The number of aliphatic imine (C=N–C) groups is 1. The van der Waals surface area contributed by atoms with E-state index in [-0.39, 0.29) is 5.54 Å². The third kappa shape index (κ3) is 2.04. The summed E-state index contributed by atoms with van der Waals surface area (Å²) in [7, 11) is 0. The molecule has 1 aromatic rings. The Labute approximate surface area is 91.0 Å². The summed E-state index contributed by atoms with van der Waals surface area (Å²) in [6.45, 7) is 9.07. The maximum Gasteiger partial charge on any atom is 0.216 e. The quantitative estimate of drug-likeness (QED) is 0.687. The number of rotatable bonds is 1. The van der Waals surface area contributed by atoms with Crippen LogP contribution < -0.4 is 0 Å². The molecule has 0 atom stereocenters. The second kappa shape index (κ2) is 3.37. The molecule has 1 aromatic carbocycles. The van der Waals surface area contributed by atoms with Gasteiger partial charge in [-0.3, -0.25) is 0 Å². The first kappa shape index (κ1) is 10.2. The van der Waals surface area contributed by atoms with Gasteiger partial charge < -0.3 is 4.74 Å². The highest BCUT2D eigenvalue weighted by Crippen LogP contribution is 2.21. The minimum Gasteiger partial charge on any atom is -0.475 e. The normalized spacial score (nSPS) is 18.5. The summed E-state index contributed by atoms with van der Waals surface area (Å²) in [5.41, 5.74) is 3.59. The highest BCUT2D eigenvalue weighted by molar-refractivity contribution is 5.95. The number of hydrogen-bond acceptors (Lipinski definition) is 2. The Kier molecular flexibility index (Phi) is 2.29. The standard InChI is InChI=1S/C13H17NO/c1-9-5-6-11(7-10(9)2)12-14-13(3,4)8-15-12/h5-7H,8H2,1-4H3. The van der Waals surface area contributed by atoms with E-state index >= 15 is 0 Å². The van der Waals surface area contributed by atoms with Gasteiger partial charge in [0.2, 0.25) is 5.90 Å². The van der Waals surface area contributed by atoms with E-state index in [2.05, 4.69) is 50.9 Å². The van der Waals surface area contributed by atoms with Crippen molar-refractivity contribution in [3.63, 3.8) is 0 Å². The molecular weight excluding hydrogens is 186 g/mol. The average Bonchev–Trinajstić information content (AvgIpc) is 2.51. The van der Waals surface area contributed by atoms with E-state index in [0.29, 0.717) is 6.61 Å². The van der Waals surface area contributed by atoms with Gasteiger partial charge in [-0.05, 0) is 51.0 Å². The minimum absolute atomic E-state index is 0.0753. The Hall–Kier alpha value is -1.31. The van der Waals surface area contributed by atoms with Crippen molar-refractivity contribution in [3.05, 3.63) is 34.9 Å². The van der Waals surface area contributed by atoms with Crippen molar-refractivity contribution in [2.24, 2.45) is 4.99 Å². The van der Waals surface area contributed by atoms with Crippen molar-refractivity contribution in [1.82, 2.24) is 0 Å². The lowest BCUT2D eigenvalue weighted by molar-refractivity contribution is 0.279. The summed E-state index contributed by atoms with van der Waals surface area (Å²) in [5.74, 6) is 0.781. The van der Waals surface area contributed by atoms with Crippen LogP contribution in [0, 0.1) is 13.8 Å². The molecular formula is C13H17NO. The van der Waals surface area contributed by atoms with Crippen molar-refractivity contribution in [3.8, 4) is 0 Å². The van der Waals surface area contributed by atoms with Crippen molar-refractivity contribution in [2.75, 3.05) is 6.61 Å². The van der Waals surface area contributed by atoms with Crippen molar-refractivity contribution < 1.29 is 4.74 Å². The molecule has 2 nitrogen and oxygen atoms in total. The summed E-state index contributed by atoms with van der Waals surface area (Å²) in [6, 6.07) is 6.32. The monoisotopic (exact) mass is 203 g/mol. The maximum absolute atomic E-state index is 5.60. The third-order valence-corrected chi connectivity index (χ3v) is 2.72. The molecule has 0 aromatic heterocycles. The molecule has 0 saturated carbocycles. The summed E-state index contributed by atoms with van der Waals surface area (Å²) >= 11 is 0. The average molecular weight is 203 g/mol. The summed E-state index contributed by atoms with van der Waals surface area (Å²) < 4.78 is 5.60. The van der Waals surface area contributed by atoms with Crippen LogP contribution in [-0.2, 0) is 4.74 Å². The van der Waals surface area contributed by atoms with Gasteiger partial charge in [-0.1, -0.05) is 6.07 Å². The van der Waals surface area contributed by atoms with E-state index in [1.807, 2.05) is 0 Å². The fourth-order valence-electron chi connectivity index (χ4n) is 1.61. The molecule has 80 valence electrons. The van der Waals surface area contributed by atoms with E-state index in [1.54, 1.807) is 0 Å². The number of nitrogens with zero attached hydrogens (tertiary/aromatic N) is 1. The molecule has 0 amide bonds. The molecule has 1 heterocycles. The largest absolute Gasteiger partial charge is 0.475 e. The zero-order valence-electron chi connectivity index (χ0n) is 9.79. The van der Waals surface area contributed by atoms with Crippen LogP contribution in [0.2, 0.25) is 0 Å². The van der Waals surface area contributed by atoms with Gasteiger partial charge in [0.05, 0.1) is 5.54 Å². The Bertz CT molecular complexity index is 419. The summed E-state index contributed by atoms with van der Waals surface area (Å²) in [4.78, 5) is 4.56. The van der Waals surface area contributed by atoms with E-state index in [1.165, 1.54) is 11.1 Å². The first-order valence-electron chi connectivity index (χ1n) is 5.28. The number of benzene rings is 1. The van der Waals surface area contributed by atoms with Crippen LogP contribution in [0.3, 0.4) is 0 Å². The molecule has 0 bridgehead atoms. The smallest absolute Gasteiger partial charge is 0.216 e. The molecule has 2 rings (SSSR count). The van der Waals surface area contributed by atoms with Crippen molar-refractivity contribution >= 4 is 5.90 Å². The van der Waals surface area contributed by atoms with Gasteiger partial charge in [0.15, 0.2) is 0 Å². The molecule has 2 heteroatoms. The van der Waals surface area contributed by atoms with Gasteiger partial charge in [0, 0.05) is 5.56 Å². The van der Waals surface area contributed by atoms with Gasteiger partial charge in [-0.15, -0.1) is 0 Å². The highest BCUT2D eigenvalue weighted by Gasteiger charge is 2.26. The molecule has 1 aliphatic rings. The Morgan fingerprint density at radius 3 is 2.47 bits per heavy atom. The Morgan fingerprint density at radius 1 is 1.20 bits per heavy atom. The molecule has 1 aliphatic heterocycles. The van der Waals surface area contributed by atoms with Gasteiger partial charge in [-0.2, -0.15) is 0 Å². The van der Waals surface area contributed by atoms with Crippen LogP contribution in [0.5, 0.6) is 0 Å². The number of hydrogen-bond donors (Lipinski definition) is 0. The number of aryl methyl sites for hydroxylation is 2. The fraction of sp³-hybridized carbons (Fsp3) is 0.462. The van der Waals surface area contributed by atoms with Crippen LogP contribution in [0.15, 0.2) is 23.2 Å². The molecule has 0 radical (unpaired) electrons. The van der Waals surface area contributed by atoms with E-state index < -0.39 is 0 Å². The predicted octanol–water partition coefficient (Wildman–Crippen LogP) is 2.86. The van der Waals surface area contributed by atoms with E-state index in [0.717, 1.165) is 11.5 Å². The van der Waals surface area contributed by atoms with Gasteiger partial charge in [-0.25, -0.2) is 4.99 Å². The zero-order chi connectivity index (χ0) is 11.1. The molecule has 15 heavy (non-hydrogen) atoms. The highest BCUT2D eigenvalue weighted by atomic mass is 16.5. The van der Waals surface area contributed by atoms with E-state index in [4.69, 9.17) is 4.74 Å². The molecule has 0 N–H and O–H groups in total. The van der Waals surface area contributed by atoms with Gasteiger partial charge >= 0.3 is 0 Å². The molecule has 0 saturated heterocycles. The molecule has 0 spiro atoms. The predicted molar refractivity (Wildman–Crippen MR) is 62.5 cm³/mol. The lowest BCUT2D eigenvalue weighted by atomic mass is 10.1. The lowest BCUT2D eigenvalue weighted by Gasteiger charge is -2.07. The van der Waals surface area contributed by atoms with Crippen LogP contribution in [0.4, 0.5) is 0 Å². The van der Waals surface area contributed by atoms with Crippen molar-refractivity contribution in [1.29, 1.82) is 0 Å². The van der Waals surface area contributed by atoms with Crippen LogP contribution >= 0.6 is 0 Å². The number of ether oxygens (including phenoxy) is 1. The Balaban J connectivity index is 2.36. The third-order valence-electron chi connectivity index (χ3n) is 2.72. The zero-order valence-corrected chi connectivity index (χ0v) is 9.79. The van der Waals surface area contributed by atoms with Crippen molar-refractivity contribution in [2.45, 2.75) is 33.2 Å². The van der Waals surface area contributed by atoms with Crippen LogP contribution in [0.1, 0.15) is 30.5 Å². The first-order chi connectivity index (χ1) is 6.98. The van der Waals surface area contributed by atoms with E-state index in [9.17, 15) is 0 Å². The first-order valence-corrected chi connectivity index (χ1v) is 5.28. The second-order valence-corrected chi connectivity index (χ2v) is 4.82. The molecule has 0 aliphatic carbocycles. The van der Waals surface area contributed by atoms with Crippen LogP contribution in [0.25, 0.3) is 0 Å². The van der Waals surface area contributed by atoms with Crippen LogP contribution in [-0.4, -0.2) is 18.0 Å². The lowest BCUT2D eigenvalue weighted by Crippen LogP contribution is -2.17. The van der Waals surface area contributed by atoms with Gasteiger partial charge in [0.25, 0.3) is 0 Å². The summed E-state index contributed by atoms with van der Waals surface area (Å²) in [6.07, 6.45) is 0. The maximum atomic E-state index is 5.60. The fourth-order valence-corrected chi connectivity index (χ4v) is 1.61. The second-order valence-electron chi connectivity index (χ2n) is 4.82. The topological polar surface area (TPSA) is 21.6 Å². The SMILES string of the molecule is Cc1ccc(C2=NC(C)(C)CO2)cc1C. The molecule has 0 unspecified atom stereocenters. The Morgan fingerprint density at radius 2 is 1.93 bits per heavy atom. The summed E-state index contributed by atoms with van der Waals surface area (Å²) in [5, 5.41) is 0. The molecule has 0 fully saturated rings. The van der Waals surface area contributed by atoms with Gasteiger partial charge in [0.1, 0.15) is 6.61 Å².